The summed E-state index contributed by atoms with van der Waals surface area (Å²) in [5.74, 6) is 0.418. The minimum absolute atomic E-state index is 0.00634. The van der Waals surface area contributed by atoms with Gasteiger partial charge in [0.1, 0.15) is 0 Å². The van der Waals surface area contributed by atoms with Crippen LogP contribution in [0.5, 0.6) is 0 Å². The first-order chi connectivity index (χ1) is 5.59. The van der Waals surface area contributed by atoms with Gasteiger partial charge in [-0.25, -0.2) is 0 Å². The normalized spacial score (nSPS) is 21.6. The summed E-state index contributed by atoms with van der Waals surface area (Å²) < 4.78 is 0. The molecule has 0 aromatic carbocycles. The average Bonchev–Trinajstić information content (AvgIpc) is 2.81. The van der Waals surface area contributed by atoms with Crippen LogP contribution in [0.1, 0.15) is 33.1 Å². The van der Waals surface area contributed by atoms with Gasteiger partial charge < -0.3 is 11.1 Å². The van der Waals surface area contributed by atoms with Gasteiger partial charge in [0.2, 0.25) is 5.91 Å². The van der Waals surface area contributed by atoms with Crippen molar-refractivity contribution in [3.8, 4) is 0 Å². The van der Waals surface area contributed by atoms with Gasteiger partial charge in [-0.05, 0) is 32.1 Å². The Hall–Kier alpha value is -0.570. The zero-order valence-corrected chi connectivity index (χ0v) is 7.89. The fourth-order valence-corrected chi connectivity index (χ4v) is 1.30. The van der Waals surface area contributed by atoms with E-state index in [9.17, 15) is 4.79 Å². The molecule has 0 heterocycles. The van der Waals surface area contributed by atoms with Crippen molar-refractivity contribution in [2.75, 3.05) is 6.54 Å². The Kier molecular flexibility index (Phi) is 2.73. The molecule has 12 heavy (non-hydrogen) atoms. The molecule has 70 valence electrons. The van der Waals surface area contributed by atoms with Crippen molar-refractivity contribution in [1.29, 1.82) is 0 Å². The van der Waals surface area contributed by atoms with Crippen LogP contribution >= 0.6 is 0 Å². The first-order valence-electron chi connectivity index (χ1n) is 4.66. The quantitative estimate of drug-likeness (QED) is 0.650. The van der Waals surface area contributed by atoms with Crippen LogP contribution in [0, 0.1) is 5.92 Å². The molecule has 3 heteroatoms. The Morgan fingerprint density at radius 1 is 1.67 bits per heavy atom. The fraction of sp³-hybridized carbons (Fsp3) is 0.889. The zero-order chi connectivity index (χ0) is 9.19. The van der Waals surface area contributed by atoms with E-state index < -0.39 is 5.54 Å². The number of amides is 1. The van der Waals surface area contributed by atoms with Crippen molar-refractivity contribution in [3.05, 3.63) is 0 Å². The van der Waals surface area contributed by atoms with Crippen LogP contribution in [0.3, 0.4) is 0 Å². The minimum atomic E-state index is -0.630. The molecule has 1 atom stereocenters. The monoisotopic (exact) mass is 170 g/mol. The topological polar surface area (TPSA) is 55.1 Å². The number of nitrogens with one attached hydrogen (secondary N) is 1. The first kappa shape index (κ1) is 9.52. The Balaban J connectivity index is 2.38. The highest BCUT2D eigenvalue weighted by Gasteiger charge is 2.43. The molecule has 1 aliphatic rings. The molecule has 1 unspecified atom stereocenters. The van der Waals surface area contributed by atoms with E-state index in [-0.39, 0.29) is 5.91 Å². The standard InChI is InChI=1S/C9H18N2O/c1-3-6-11-8(12)9(2,10)7-4-5-7/h7H,3-6,10H2,1-2H3,(H,11,12). The van der Waals surface area contributed by atoms with E-state index >= 15 is 0 Å². The first-order valence-corrected chi connectivity index (χ1v) is 4.66. The van der Waals surface area contributed by atoms with Gasteiger partial charge in [0.05, 0.1) is 5.54 Å². The highest BCUT2D eigenvalue weighted by Crippen LogP contribution is 2.37. The van der Waals surface area contributed by atoms with Crippen LogP contribution in [0.25, 0.3) is 0 Å². The van der Waals surface area contributed by atoms with E-state index in [1.54, 1.807) is 0 Å². The summed E-state index contributed by atoms with van der Waals surface area (Å²) in [5, 5.41) is 2.83. The summed E-state index contributed by atoms with van der Waals surface area (Å²) >= 11 is 0. The molecule has 1 rings (SSSR count). The van der Waals surface area contributed by atoms with Crippen molar-refractivity contribution >= 4 is 5.91 Å². The molecular formula is C9H18N2O. The Morgan fingerprint density at radius 3 is 2.67 bits per heavy atom. The molecule has 0 aromatic rings. The molecule has 1 saturated carbocycles. The lowest BCUT2D eigenvalue weighted by Gasteiger charge is -2.22. The van der Waals surface area contributed by atoms with Gasteiger partial charge in [0.25, 0.3) is 0 Å². The molecule has 1 fully saturated rings. The minimum Gasteiger partial charge on any atom is -0.355 e. The summed E-state index contributed by atoms with van der Waals surface area (Å²) in [6.45, 7) is 4.60. The van der Waals surface area contributed by atoms with E-state index in [4.69, 9.17) is 5.73 Å². The molecule has 3 N–H and O–H groups in total. The predicted octanol–water partition coefficient (Wildman–Crippen LogP) is 0.640. The zero-order valence-electron chi connectivity index (χ0n) is 7.89. The highest BCUT2D eigenvalue weighted by atomic mass is 16.2. The highest BCUT2D eigenvalue weighted by molar-refractivity contribution is 5.86. The van der Waals surface area contributed by atoms with Gasteiger partial charge in [0.15, 0.2) is 0 Å². The third kappa shape index (κ3) is 1.97. The molecule has 0 spiro atoms. The molecule has 0 saturated heterocycles. The van der Waals surface area contributed by atoms with Crippen molar-refractivity contribution in [1.82, 2.24) is 5.32 Å². The van der Waals surface area contributed by atoms with E-state index in [1.165, 1.54) is 0 Å². The number of nitrogens with two attached hydrogens (primary N) is 1. The van der Waals surface area contributed by atoms with Gasteiger partial charge in [0, 0.05) is 6.54 Å². The second kappa shape index (κ2) is 3.44. The smallest absolute Gasteiger partial charge is 0.240 e. The SMILES string of the molecule is CCCNC(=O)C(C)(N)C1CC1. The number of carbonyl (C=O) groups excluding carboxylic acids is 1. The third-order valence-electron chi connectivity index (χ3n) is 2.45. The Morgan fingerprint density at radius 2 is 2.25 bits per heavy atom. The summed E-state index contributed by atoms with van der Waals surface area (Å²) in [5.41, 5.74) is 5.26. The van der Waals surface area contributed by atoms with Gasteiger partial charge >= 0.3 is 0 Å². The van der Waals surface area contributed by atoms with Crippen LogP contribution < -0.4 is 11.1 Å². The van der Waals surface area contributed by atoms with Gasteiger partial charge in [-0.1, -0.05) is 6.92 Å². The van der Waals surface area contributed by atoms with Crippen LogP contribution in [0.15, 0.2) is 0 Å². The van der Waals surface area contributed by atoms with Crippen LogP contribution in [0.4, 0.5) is 0 Å². The fourth-order valence-electron chi connectivity index (χ4n) is 1.30. The molecule has 1 aliphatic carbocycles. The van der Waals surface area contributed by atoms with Crippen molar-refractivity contribution in [2.24, 2.45) is 11.7 Å². The molecule has 0 bridgehead atoms. The molecular weight excluding hydrogens is 152 g/mol. The van der Waals surface area contributed by atoms with Gasteiger partial charge in [-0.15, -0.1) is 0 Å². The van der Waals surface area contributed by atoms with Crippen LogP contribution in [-0.4, -0.2) is 18.0 Å². The summed E-state index contributed by atoms with van der Waals surface area (Å²) in [6, 6.07) is 0. The van der Waals surface area contributed by atoms with Crippen molar-refractivity contribution in [3.63, 3.8) is 0 Å². The van der Waals surface area contributed by atoms with E-state index in [1.807, 2.05) is 13.8 Å². The molecule has 0 aromatic heterocycles. The number of hydrogen-bond donors (Lipinski definition) is 2. The lowest BCUT2D eigenvalue weighted by atomic mass is 9.96. The second-order valence-corrected chi connectivity index (χ2v) is 3.81. The second-order valence-electron chi connectivity index (χ2n) is 3.81. The lowest BCUT2D eigenvalue weighted by molar-refractivity contribution is -0.126. The molecule has 0 aliphatic heterocycles. The van der Waals surface area contributed by atoms with Gasteiger partial charge in [-0.2, -0.15) is 0 Å². The van der Waals surface area contributed by atoms with E-state index in [0.29, 0.717) is 5.92 Å². The van der Waals surface area contributed by atoms with Crippen LogP contribution in [0.2, 0.25) is 0 Å². The largest absolute Gasteiger partial charge is 0.355 e. The maximum absolute atomic E-state index is 11.5. The predicted molar refractivity (Wildman–Crippen MR) is 48.6 cm³/mol. The van der Waals surface area contributed by atoms with E-state index in [2.05, 4.69) is 5.32 Å². The molecule has 1 amide bonds. The maximum atomic E-state index is 11.5. The number of rotatable bonds is 4. The summed E-state index contributed by atoms with van der Waals surface area (Å²) in [6.07, 6.45) is 3.17. The lowest BCUT2D eigenvalue weighted by Crippen LogP contribution is -2.53. The third-order valence-corrected chi connectivity index (χ3v) is 2.45. The van der Waals surface area contributed by atoms with E-state index in [0.717, 1.165) is 25.8 Å². The molecule has 3 nitrogen and oxygen atoms in total. The van der Waals surface area contributed by atoms with Gasteiger partial charge in [-0.3, -0.25) is 4.79 Å². The molecule has 0 radical (unpaired) electrons. The number of hydrogen-bond acceptors (Lipinski definition) is 2. The Labute approximate surface area is 73.7 Å². The summed E-state index contributed by atoms with van der Waals surface area (Å²) in [7, 11) is 0. The summed E-state index contributed by atoms with van der Waals surface area (Å²) in [4.78, 5) is 11.5. The Bertz CT molecular complexity index is 173. The number of carbonyl (C=O) groups is 1. The van der Waals surface area contributed by atoms with Crippen molar-refractivity contribution in [2.45, 2.75) is 38.6 Å². The maximum Gasteiger partial charge on any atom is 0.240 e. The van der Waals surface area contributed by atoms with Crippen LogP contribution in [-0.2, 0) is 4.79 Å². The van der Waals surface area contributed by atoms with Crippen molar-refractivity contribution < 1.29 is 4.79 Å². The average molecular weight is 170 g/mol.